The Hall–Kier alpha value is -4.22. The summed E-state index contributed by atoms with van der Waals surface area (Å²) in [6.45, 7) is 1.77. The van der Waals surface area contributed by atoms with Gasteiger partial charge in [-0.2, -0.15) is 18.3 Å². The zero-order valence-electron chi connectivity index (χ0n) is 18.2. The summed E-state index contributed by atoms with van der Waals surface area (Å²) in [7, 11) is 0. The van der Waals surface area contributed by atoms with Crippen molar-refractivity contribution in [3.63, 3.8) is 0 Å². The number of rotatable bonds is 1. The number of fused-ring (bicyclic) bond motifs is 2. The van der Waals surface area contributed by atoms with Crippen molar-refractivity contribution in [2.45, 2.75) is 25.7 Å². The number of amides is 1. The number of hydrogen-bond donors (Lipinski definition) is 2. The van der Waals surface area contributed by atoms with E-state index >= 15 is 0 Å². The Kier molecular flexibility index (Phi) is 5.50. The molecular formula is C23H18F4N6O2. The summed E-state index contributed by atoms with van der Waals surface area (Å²) in [5, 5.41) is 9.81. The summed E-state index contributed by atoms with van der Waals surface area (Å²) in [6.07, 6.45) is -1.48. The van der Waals surface area contributed by atoms with Crippen LogP contribution in [0.4, 0.5) is 23.4 Å². The highest BCUT2D eigenvalue weighted by atomic mass is 19.4. The van der Waals surface area contributed by atoms with E-state index < -0.39 is 29.6 Å². The smallest absolute Gasteiger partial charge is 0.417 e. The van der Waals surface area contributed by atoms with Gasteiger partial charge in [-0.25, -0.2) is 18.9 Å². The summed E-state index contributed by atoms with van der Waals surface area (Å²) >= 11 is 0. The predicted molar refractivity (Wildman–Crippen MR) is 117 cm³/mol. The van der Waals surface area contributed by atoms with Gasteiger partial charge >= 0.3 is 6.18 Å². The highest BCUT2D eigenvalue weighted by molar-refractivity contribution is 6.00. The van der Waals surface area contributed by atoms with Crippen molar-refractivity contribution in [3.05, 3.63) is 71.4 Å². The molecule has 12 heteroatoms. The van der Waals surface area contributed by atoms with Crippen molar-refractivity contribution < 1.29 is 27.1 Å². The number of nitrogens with zero attached hydrogens (tertiary/aromatic N) is 4. The van der Waals surface area contributed by atoms with Crippen LogP contribution in [0.5, 0.6) is 5.88 Å². The number of carbonyl (C=O) groups excluding carboxylic acids is 1. The lowest BCUT2D eigenvalue weighted by Gasteiger charge is -2.18. The van der Waals surface area contributed by atoms with E-state index in [1.165, 1.54) is 41.2 Å². The van der Waals surface area contributed by atoms with E-state index in [1.807, 2.05) is 0 Å². The fraction of sp³-hybridized carbons (Fsp3) is 0.217. The largest absolute Gasteiger partial charge is 0.473 e. The summed E-state index contributed by atoms with van der Waals surface area (Å²) in [5.41, 5.74) is -0.299. The first kappa shape index (κ1) is 22.6. The first-order valence-corrected chi connectivity index (χ1v) is 10.6. The average Bonchev–Trinajstić information content (AvgIpc) is 3.24. The van der Waals surface area contributed by atoms with Gasteiger partial charge in [0.25, 0.3) is 5.91 Å². The zero-order chi connectivity index (χ0) is 24.7. The highest BCUT2D eigenvalue weighted by Crippen LogP contribution is 2.39. The molecule has 0 radical (unpaired) electrons. The van der Waals surface area contributed by atoms with Crippen molar-refractivity contribution in [1.29, 1.82) is 0 Å². The molecule has 0 saturated heterocycles. The topological polar surface area (TPSA) is 93.4 Å². The molecule has 2 N–H and O–H groups in total. The predicted octanol–water partition coefficient (Wildman–Crippen LogP) is 4.07. The number of aromatic nitrogens is 4. The molecule has 0 aliphatic carbocycles. The lowest BCUT2D eigenvalue weighted by atomic mass is 10.0. The Morgan fingerprint density at radius 1 is 1.11 bits per heavy atom. The number of halogens is 4. The Morgan fingerprint density at radius 3 is 2.71 bits per heavy atom. The average molecular weight is 486 g/mol. The van der Waals surface area contributed by atoms with Gasteiger partial charge in [0.1, 0.15) is 23.3 Å². The fourth-order valence-electron chi connectivity index (χ4n) is 3.81. The highest BCUT2D eigenvalue weighted by Gasteiger charge is 2.34. The second-order valence-electron chi connectivity index (χ2n) is 7.98. The molecule has 1 atom stereocenters. The van der Waals surface area contributed by atoms with Gasteiger partial charge in [-0.15, -0.1) is 0 Å². The van der Waals surface area contributed by atoms with E-state index in [4.69, 9.17) is 4.74 Å². The lowest BCUT2D eigenvalue weighted by Crippen LogP contribution is -2.33. The van der Waals surface area contributed by atoms with Crippen LogP contribution in [0.1, 0.15) is 28.4 Å². The minimum Gasteiger partial charge on any atom is -0.473 e. The molecule has 1 aromatic carbocycles. The van der Waals surface area contributed by atoms with E-state index in [2.05, 4.69) is 25.7 Å². The second kappa shape index (κ2) is 8.53. The number of anilines is 1. The number of hydrogen-bond acceptors (Lipinski definition) is 6. The Bertz CT molecular complexity index is 1440. The number of benzene rings is 1. The third-order valence-electron chi connectivity index (χ3n) is 5.46. The molecule has 0 saturated carbocycles. The molecule has 8 nitrogen and oxygen atoms in total. The number of pyridine rings is 1. The van der Waals surface area contributed by atoms with Crippen molar-refractivity contribution in [1.82, 2.24) is 24.9 Å². The molecule has 180 valence electrons. The number of ether oxygens (including phenoxy) is 1. The summed E-state index contributed by atoms with van der Waals surface area (Å²) in [4.78, 5) is 21.2. The van der Waals surface area contributed by atoms with Gasteiger partial charge in [0.05, 0.1) is 24.5 Å². The van der Waals surface area contributed by atoms with E-state index in [9.17, 15) is 22.4 Å². The standard InChI is InChI=1S/C23H18F4N6O2/c1-12-7-29-21(34)16-10-31-33-11-17(15-4-2-3-5-18(15)23(25,26)27)19(32-20(16)33)28-8-13-6-14(24)9-30-22(13)35-12/h2-6,9-12H,7-8H2,1H3,(H,28,32)(H,29,34). The maximum atomic E-state index is 14.0. The minimum atomic E-state index is -4.62. The SMILES string of the molecule is CC1CNC(=O)c2cnn3cc(-c4ccccc4C(F)(F)F)c(nc23)NCc2cc(F)cnc2O1. The first-order chi connectivity index (χ1) is 16.7. The molecule has 2 bridgehead atoms. The third-order valence-corrected chi connectivity index (χ3v) is 5.46. The number of nitrogens with one attached hydrogen (secondary N) is 2. The van der Waals surface area contributed by atoms with E-state index in [0.29, 0.717) is 5.56 Å². The Balaban J connectivity index is 1.71. The molecule has 1 aliphatic rings. The molecule has 0 spiro atoms. The van der Waals surface area contributed by atoms with E-state index in [1.54, 1.807) is 6.92 Å². The summed E-state index contributed by atoms with van der Waals surface area (Å²) < 4.78 is 62.4. The van der Waals surface area contributed by atoms with Gasteiger partial charge < -0.3 is 15.4 Å². The quantitative estimate of drug-likeness (QED) is 0.394. The summed E-state index contributed by atoms with van der Waals surface area (Å²) in [6, 6.07) is 6.28. The van der Waals surface area contributed by atoms with Crippen molar-refractivity contribution in [2.75, 3.05) is 11.9 Å². The maximum absolute atomic E-state index is 14.0. The Labute approximate surface area is 196 Å². The molecule has 3 aromatic heterocycles. The van der Waals surface area contributed by atoms with Crippen LogP contribution >= 0.6 is 0 Å². The molecule has 1 amide bonds. The molecule has 35 heavy (non-hydrogen) atoms. The van der Waals surface area contributed by atoms with Crippen LogP contribution in [0, 0.1) is 5.82 Å². The zero-order valence-corrected chi connectivity index (χ0v) is 18.2. The molecule has 4 aromatic rings. The normalized spacial score (nSPS) is 16.4. The maximum Gasteiger partial charge on any atom is 0.417 e. The molecule has 1 aliphatic heterocycles. The van der Waals surface area contributed by atoms with Crippen LogP contribution in [0.3, 0.4) is 0 Å². The fourth-order valence-corrected chi connectivity index (χ4v) is 3.81. The van der Waals surface area contributed by atoms with Gasteiger partial charge in [0, 0.05) is 23.9 Å². The van der Waals surface area contributed by atoms with Gasteiger partial charge in [0.15, 0.2) is 5.65 Å². The number of alkyl halides is 3. The molecule has 4 heterocycles. The first-order valence-electron chi connectivity index (χ1n) is 10.6. The van der Waals surface area contributed by atoms with Gasteiger partial charge in [-0.1, -0.05) is 18.2 Å². The van der Waals surface area contributed by atoms with Crippen LogP contribution < -0.4 is 15.4 Å². The van der Waals surface area contributed by atoms with Crippen molar-refractivity contribution in [3.8, 4) is 17.0 Å². The van der Waals surface area contributed by atoms with Crippen molar-refractivity contribution >= 4 is 17.4 Å². The van der Waals surface area contributed by atoms with Gasteiger partial charge in [-0.05, 0) is 24.6 Å². The third kappa shape index (κ3) is 4.34. The van der Waals surface area contributed by atoms with Crippen LogP contribution in [-0.4, -0.2) is 38.1 Å². The lowest BCUT2D eigenvalue weighted by molar-refractivity contribution is -0.137. The molecule has 5 rings (SSSR count). The van der Waals surface area contributed by atoms with Gasteiger partial charge in [-0.3, -0.25) is 4.79 Å². The molecular weight excluding hydrogens is 468 g/mol. The van der Waals surface area contributed by atoms with Crippen LogP contribution in [0.2, 0.25) is 0 Å². The number of carbonyl (C=O) groups is 1. The van der Waals surface area contributed by atoms with Gasteiger partial charge in [0.2, 0.25) is 5.88 Å². The van der Waals surface area contributed by atoms with Crippen LogP contribution in [0.15, 0.2) is 48.9 Å². The van der Waals surface area contributed by atoms with Crippen LogP contribution in [0.25, 0.3) is 16.8 Å². The summed E-state index contributed by atoms with van der Waals surface area (Å²) in [5.74, 6) is -0.917. The van der Waals surface area contributed by atoms with Crippen molar-refractivity contribution in [2.24, 2.45) is 0 Å². The minimum absolute atomic E-state index is 0.0475. The van der Waals surface area contributed by atoms with E-state index in [-0.39, 0.29) is 47.1 Å². The second-order valence-corrected chi connectivity index (χ2v) is 7.98. The molecule has 0 fully saturated rings. The van der Waals surface area contributed by atoms with Crippen LogP contribution in [-0.2, 0) is 12.7 Å². The van der Waals surface area contributed by atoms with E-state index in [0.717, 1.165) is 12.3 Å². The Morgan fingerprint density at radius 2 is 1.91 bits per heavy atom. The molecule has 1 unspecified atom stereocenters. The monoisotopic (exact) mass is 486 g/mol.